The molecule has 2 N–H and O–H groups in total. The molecule has 1 aliphatic rings. The van der Waals surface area contributed by atoms with Gasteiger partial charge in [-0.15, -0.1) is 11.3 Å². The van der Waals surface area contributed by atoms with Gasteiger partial charge in [0.1, 0.15) is 0 Å². The summed E-state index contributed by atoms with van der Waals surface area (Å²) >= 11 is 1.50. The molecule has 4 nitrogen and oxygen atoms in total. The maximum atomic E-state index is 12.4. The molecule has 120 valence electrons. The molecule has 0 saturated heterocycles. The van der Waals surface area contributed by atoms with Crippen molar-refractivity contribution >= 4 is 28.8 Å². The Morgan fingerprint density at radius 3 is 2.65 bits per heavy atom. The van der Waals surface area contributed by atoms with Gasteiger partial charge in [0, 0.05) is 22.2 Å². The molecule has 23 heavy (non-hydrogen) atoms. The number of anilines is 1. The van der Waals surface area contributed by atoms with Gasteiger partial charge in [-0.05, 0) is 56.0 Å². The molecule has 1 aromatic heterocycles. The largest absolute Gasteiger partial charge is 0.349 e. The molecule has 0 atom stereocenters. The zero-order valence-electron chi connectivity index (χ0n) is 13.3. The SMILES string of the molecule is CCc1cc(C(=O)Nc2cccc(C(=O)NC3CC3)c2)sc1C. The fraction of sp³-hybridized carbons (Fsp3) is 0.333. The highest BCUT2D eigenvalue weighted by Crippen LogP contribution is 2.24. The number of carbonyl (C=O) groups excluding carboxylic acids is 2. The lowest BCUT2D eigenvalue weighted by molar-refractivity contribution is 0.0949. The van der Waals surface area contributed by atoms with Crippen molar-refractivity contribution in [1.82, 2.24) is 5.32 Å². The van der Waals surface area contributed by atoms with Crippen molar-refractivity contribution in [2.75, 3.05) is 5.32 Å². The van der Waals surface area contributed by atoms with Crippen molar-refractivity contribution in [1.29, 1.82) is 0 Å². The monoisotopic (exact) mass is 328 g/mol. The van der Waals surface area contributed by atoms with Gasteiger partial charge in [-0.1, -0.05) is 13.0 Å². The molecule has 1 aliphatic carbocycles. The van der Waals surface area contributed by atoms with Gasteiger partial charge in [0.2, 0.25) is 0 Å². The summed E-state index contributed by atoms with van der Waals surface area (Å²) < 4.78 is 0. The second-order valence-corrected chi connectivity index (χ2v) is 7.08. The van der Waals surface area contributed by atoms with Crippen LogP contribution in [0.1, 0.15) is 50.2 Å². The Morgan fingerprint density at radius 1 is 1.22 bits per heavy atom. The molecule has 1 aromatic carbocycles. The van der Waals surface area contributed by atoms with Crippen LogP contribution in [-0.4, -0.2) is 17.9 Å². The van der Waals surface area contributed by atoms with Gasteiger partial charge in [0.25, 0.3) is 11.8 Å². The van der Waals surface area contributed by atoms with Gasteiger partial charge in [-0.3, -0.25) is 9.59 Å². The third-order valence-corrected chi connectivity index (χ3v) is 5.01. The predicted octanol–water partition coefficient (Wildman–Crippen LogP) is 3.76. The van der Waals surface area contributed by atoms with E-state index in [9.17, 15) is 9.59 Å². The van der Waals surface area contributed by atoms with Crippen molar-refractivity contribution in [3.63, 3.8) is 0 Å². The molecule has 0 aliphatic heterocycles. The number of thiophene rings is 1. The molecule has 2 amide bonds. The van der Waals surface area contributed by atoms with E-state index in [1.54, 1.807) is 24.3 Å². The van der Waals surface area contributed by atoms with Crippen LogP contribution in [0.3, 0.4) is 0 Å². The van der Waals surface area contributed by atoms with Crippen LogP contribution < -0.4 is 10.6 Å². The van der Waals surface area contributed by atoms with Gasteiger partial charge in [0.15, 0.2) is 0 Å². The minimum Gasteiger partial charge on any atom is -0.349 e. The van der Waals surface area contributed by atoms with E-state index in [4.69, 9.17) is 0 Å². The number of hydrogen-bond acceptors (Lipinski definition) is 3. The van der Waals surface area contributed by atoms with Crippen LogP contribution in [0.5, 0.6) is 0 Å². The average molecular weight is 328 g/mol. The van der Waals surface area contributed by atoms with Crippen LogP contribution in [0.4, 0.5) is 5.69 Å². The highest BCUT2D eigenvalue weighted by Gasteiger charge is 2.23. The van der Waals surface area contributed by atoms with E-state index >= 15 is 0 Å². The summed E-state index contributed by atoms with van der Waals surface area (Å²) in [6.07, 6.45) is 3.03. The maximum absolute atomic E-state index is 12.4. The Balaban J connectivity index is 1.71. The Hall–Kier alpha value is -2.14. The lowest BCUT2D eigenvalue weighted by Gasteiger charge is -2.07. The Morgan fingerprint density at radius 2 is 2.00 bits per heavy atom. The molecule has 1 saturated carbocycles. The maximum Gasteiger partial charge on any atom is 0.265 e. The van der Waals surface area contributed by atoms with Crippen LogP contribution in [0, 0.1) is 6.92 Å². The molecule has 3 rings (SSSR count). The van der Waals surface area contributed by atoms with Gasteiger partial charge >= 0.3 is 0 Å². The number of carbonyl (C=O) groups is 2. The fourth-order valence-electron chi connectivity index (χ4n) is 2.41. The molecular formula is C18H20N2O2S. The number of rotatable bonds is 5. The Labute approximate surface area is 139 Å². The van der Waals surface area contributed by atoms with Gasteiger partial charge in [-0.25, -0.2) is 0 Å². The quantitative estimate of drug-likeness (QED) is 0.878. The van der Waals surface area contributed by atoms with E-state index in [1.165, 1.54) is 21.8 Å². The van der Waals surface area contributed by atoms with Crippen molar-refractivity contribution in [3.8, 4) is 0 Å². The third kappa shape index (κ3) is 3.79. The molecule has 5 heteroatoms. The molecule has 0 spiro atoms. The van der Waals surface area contributed by atoms with Crippen molar-refractivity contribution in [2.45, 2.75) is 39.2 Å². The third-order valence-electron chi connectivity index (χ3n) is 3.92. The molecule has 1 fully saturated rings. The van der Waals surface area contributed by atoms with E-state index in [0.29, 0.717) is 22.2 Å². The zero-order valence-corrected chi connectivity index (χ0v) is 14.1. The summed E-state index contributed by atoms with van der Waals surface area (Å²) in [5.74, 6) is -0.207. The summed E-state index contributed by atoms with van der Waals surface area (Å²) in [5, 5.41) is 5.83. The number of aryl methyl sites for hydroxylation is 2. The minimum atomic E-state index is -0.127. The first-order valence-corrected chi connectivity index (χ1v) is 8.70. The fourth-order valence-corrected chi connectivity index (χ4v) is 3.42. The van der Waals surface area contributed by atoms with Crippen LogP contribution >= 0.6 is 11.3 Å². The van der Waals surface area contributed by atoms with Crippen molar-refractivity contribution in [3.05, 3.63) is 51.2 Å². The van der Waals surface area contributed by atoms with Gasteiger partial charge in [-0.2, -0.15) is 0 Å². The normalized spacial score (nSPS) is 13.7. The zero-order chi connectivity index (χ0) is 16.4. The summed E-state index contributed by atoms with van der Waals surface area (Å²) in [6, 6.07) is 9.33. The van der Waals surface area contributed by atoms with Crippen LogP contribution in [0.25, 0.3) is 0 Å². The molecule has 0 unspecified atom stereocenters. The smallest absolute Gasteiger partial charge is 0.265 e. The number of benzene rings is 1. The number of amides is 2. The highest BCUT2D eigenvalue weighted by atomic mass is 32.1. The first-order valence-electron chi connectivity index (χ1n) is 7.88. The van der Waals surface area contributed by atoms with E-state index in [-0.39, 0.29) is 11.8 Å². The van der Waals surface area contributed by atoms with E-state index in [0.717, 1.165) is 19.3 Å². The standard InChI is InChI=1S/C18H20N2O2S/c1-3-12-10-16(23-11(12)2)18(22)20-15-6-4-5-13(9-15)17(21)19-14-7-8-14/h4-6,9-10,14H,3,7-8H2,1-2H3,(H,19,21)(H,20,22). The van der Waals surface area contributed by atoms with Gasteiger partial charge in [0.05, 0.1) is 4.88 Å². The summed E-state index contributed by atoms with van der Waals surface area (Å²) in [5.41, 5.74) is 2.42. The van der Waals surface area contributed by atoms with Crippen molar-refractivity contribution < 1.29 is 9.59 Å². The van der Waals surface area contributed by atoms with E-state index in [1.807, 2.05) is 13.0 Å². The first-order chi connectivity index (χ1) is 11.1. The van der Waals surface area contributed by atoms with E-state index in [2.05, 4.69) is 17.6 Å². The lowest BCUT2D eigenvalue weighted by atomic mass is 10.1. The van der Waals surface area contributed by atoms with Crippen molar-refractivity contribution in [2.24, 2.45) is 0 Å². The average Bonchev–Trinajstić information content (AvgIpc) is 3.27. The van der Waals surface area contributed by atoms with Crippen LogP contribution in [0.2, 0.25) is 0 Å². The van der Waals surface area contributed by atoms with Crippen LogP contribution in [0.15, 0.2) is 30.3 Å². The minimum absolute atomic E-state index is 0.0798. The first kappa shape index (κ1) is 15.7. The molecular weight excluding hydrogens is 308 g/mol. The highest BCUT2D eigenvalue weighted by molar-refractivity contribution is 7.14. The topological polar surface area (TPSA) is 58.2 Å². The molecule has 1 heterocycles. The Bertz CT molecular complexity index is 747. The Kier molecular flexibility index (Phi) is 4.48. The van der Waals surface area contributed by atoms with E-state index < -0.39 is 0 Å². The summed E-state index contributed by atoms with van der Waals surface area (Å²) in [7, 11) is 0. The van der Waals surface area contributed by atoms with Gasteiger partial charge < -0.3 is 10.6 Å². The number of nitrogens with one attached hydrogen (secondary N) is 2. The second-order valence-electron chi connectivity index (χ2n) is 5.83. The second kappa shape index (κ2) is 6.54. The lowest BCUT2D eigenvalue weighted by Crippen LogP contribution is -2.25. The molecule has 0 bridgehead atoms. The van der Waals surface area contributed by atoms with Crippen LogP contribution in [-0.2, 0) is 6.42 Å². The summed E-state index contributed by atoms with van der Waals surface area (Å²) in [6.45, 7) is 4.11. The molecule has 0 radical (unpaired) electrons. The molecule has 2 aromatic rings. The number of hydrogen-bond donors (Lipinski definition) is 2. The summed E-state index contributed by atoms with van der Waals surface area (Å²) in [4.78, 5) is 26.3. The predicted molar refractivity (Wildman–Crippen MR) is 93.3 cm³/mol.